The Kier molecular flexibility index (Phi) is 3.85. The van der Waals surface area contributed by atoms with Gasteiger partial charge >= 0.3 is 0 Å². The summed E-state index contributed by atoms with van der Waals surface area (Å²) in [6.45, 7) is 1.75. The number of halogens is 1. The van der Waals surface area contributed by atoms with Gasteiger partial charge in [0.1, 0.15) is 5.82 Å². The zero-order valence-corrected chi connectivity index (χ0v) is 10.5. The smallest absolute Gasteiger partial charge is 0.193 e. The minimum absolute atomic E-state index is 0.0777. The third-order valence-electron chi connectivity index (χ3n) is 2.90. The van der Waals surface area contributed by atoms with Gasteiger partial charge in [-0.2, -0.15) is 0 Å². The Morgan fingerprint density at radius 1 is 0.947 bits per heavy atom. The SMILES string of the molecule is CCC(=O)c1ccccc1C(=O)c1ccc(F)cc1. The first-order valence-corrected chi connectivity index (χ1v) is 6.06. The fourth-order valence-electron chi connectivity index (χ4n) is 1.87. The van der Waals surface area contributed by atoms with E-state index in [4.69, 9.17) is 0 Å². The van der Waals surface area contributed by atoms with Crippen molar-refractivity contribution in [3.8, 4) is 0 Å². The predicted molar refractivity (Wildman–Crippen MR) is 70.9 cm³/mol. The summed E-state index contributed by atoms with van der Waals surface area (Å²) in [5, 5.41) is 0. The highest BCUT2D eigenvalue weighted by atomic mass is 19.1. The molecule has 3 heteroatoms. The molecule has 0 unspecified atom stereocenters. The van der Waals surface area contributed by atoms with Gasteiger partial charge < -0.3 is 0 Å². The van der Waals surface area contributed by atoms with E-state index in [1.165, 1.54) is 24.3 Å². The molecule has 0 radical (unpaired) electrons. The maximum atomic E-state index is 12.8. The number of hydrogen-bond acceptors (Lipinski definition) is 2. The molecule has 2 nitrogen and oxygen atoms in total. The maximum Gasteiger partial charge on any atom is 0.193 e. The first-order valence-electron chi connectivity index (χ1n) is 6.06. The molecule has 0 saturated carbocycles. The van der Waals surface area contributed by atoms with Gasteiger partial charge in [-0.25, -0.2) is 4.39 Å². The van der Waals surface area contributed by atoms with Crippen molar-refractivity contribution >= 4 is 11.6 Å². The number of rotatable bonds is 4. The molecule has 0 aliphatic heterocycles. The molecule has 0 spiro atoms. The van der Waals surface area contributed by atoms with E-state index in [-0.39, 0.29) is 11.6 Å². The van der Waals surface area contributed by atoms with Gasteiger partial charge in [0, 0.05) is 23.1 Å². The van der Waals surface area contributed by atoms with Crippen molar-refractivity contribution in [3.63, 3.8) is 0 Å². The molecule has 0 N–H and O–H groups in total. The van der Waals surface area contributed by atoms with Crippen LogP contribution in [0.2, 0.25) is 0 Å². The fraction of sp³-hybridized carbons (Fsp3) is 0.125. The number of carbonyl (C=O) groups excluding carboxylic acids is 2. The minimum atomic E-state index is -0.394. The molecule has 0 aliphatic rings. The third kappa shape index (κ3) is 2.76. The topological polar surface area (TPSA) is 34.1 Å². The van der Waals surface area contributed by atoms with E-state index in [0.717, 1.165) is 0 Å². The van der Waals surface area contributed by atoms with Gasteiger partial charge in [0.15, 0.2) is 11.6 Å². The summed E-state index contributed by atoms with van der Waals surface area (Å²) in [5.74, 6) is -0.738. The molecule has 0 aromatic heterocycles. The zero-order chi connectivity index (χ0) is 13.8. The molecule has 2 aromatic carbocycles. The van der Waals surface area contributed by atoms with Gasteiger partial charge in [0.2, 0.25) is 0 Å². The van der Waals surface area contributed by atoms with Crippen molar-refractivity contribution in [2.45, 2.75) is 13.3 Å². The van der Waals surface area contributed by atoms with Crippen molar-refractivity contribution < 1.29 is 14.0 Å². The Labute approximate surface area is 110 Å². The van der Waals surface area contributed by atoms with E-state index in [0.29, 0.717) is 23.1 Å². The second kappa shape index (κ2) is 5.57. The lowest BCUT2D eigenvalue weighted by molar-refractivity contribution is 0.0972. The van der Waals surface area contributed by atoms with Gasteiger partial charge in [-0.05, 0) is 24.3 Å². The molecule has 0 amide bonds. The first-order chi connectivity index (χ1) is 9.13. The van der Waals surface area contributed by atoms with E-state index >= 15 is 0 Å². The number of ketones is 2. The summed E-state index contributed by atoms with van der Waals surface area (Å²) in [7, 11) is 0. The van der Waals surface area contributed by atoms with Crippen LogP contribution in [0.15, 0.2) is 48.5 Å². The van der Waals surface area contributed by atoms with E-state index < -0.39 is 5.82 Å². The Bertz CT molecular complexity index is 615. The Morgan fingerprint density at radius 3 is 2.11 bits per heavy atom. The average molecular weight is 256 g/mol. The van der Waals surface area contributed by atoms with Gasteiger partial charge in [-0.15, -0.1) is 0 Å². The summed E-state index contributed by atoms with van der Waals surface area (Å²) in [5.41, 5.74) is 1.15. The van der Waals surface area contributed by atoms with E-state index in [9.17, 15) is 14.0 Å². The van der Waals surface area contributed by atoms with Crippen molar-refractivity contribution in [3.05, 3.63) is 71.0 Å². The fourth-order valence-corrected chi connectivity index (χ4v) is 1.87. The van der Waals surface area contributed by atoms with Crippen LogP contribution in [0.5, 0.6) is 0 Å². The highest BCUT2D eigenvalue weighted by Crippen LogP contribution is 2.16. The summed E-state index contributed by atoms with van der Waals surface area (Å²) in [6.07, 6.45) is 0.341. The van der Waals surface area contributed by atoms with E-state index in [1.807, 2.05) is 0 Å². The van der Waals surface area contributed by atoms with Crippen LogP contribution in [0.4, 0.5) is 4.39 Å². The average Bonchev–Trinajstić information content (AvgIpc) is 2.46. The molecule has 96 valence electrons. The summed E-state index contributed by atoms with van der Waals surface area (Å²) in [6, 6.07) is 12.0. The second-order valence-corrected chi connectivity index (χ2v) is 4.16. The minimum Gasteiger partial charge on any atom is -0.294 e. The summed E-state index contributed by atoms with van der Waals surface area (Å²) in [4.78, 5) is 24.1. The number of carbonyl (C=O) groups is 2. The van der Waals surface area contributed by atoms with Gasteiger partial charge in [0.25, 0.3) is 0 Å². The lowest BCUT2D eigenvalue weighted by atomic mass is 9.95. The monoisotopic (exact) mass is 256 g/mol. The Balaban J connectivity index is 2.44. The molecular weight excluding hydrogens is 243 g/mol. The van der Waals surface area contributed by atoms with Crippen LogP contribution in [0, 0.1) is 5.82 Å². The van der Waals surface area contributed by atoms with Gasteiger partial charge in [-0.3, -0.25) is 9.59 Å². The summed E-state index contributed by atoms with van der Waals surface area (Å²) < 4.78 is 12.8. The highest BCUT2D eigenvalue weighted by molar-refractivity contribution is 6.15. The lowest BCUT2D eigenvalue weighted by Gasteiger charge is -2.07. The largest absolute Gasteiger partial charge is 0.294 e. The zero-order valence-electron chi connectivity index (χ0n) is 10.5. The van der Waals surface area contributed by atoms with Crippen LogP contribution in [-0.4, -0.2) is 11.6 Å². The quantitative estimate of drug-likeness (QED) is 0.782. The molecule has 0 bridgehead atoms. The molecule has 0 heterocycles. The van der Waals surface area contributed by atoms with Crippen LogP contribution in [0.1, 0.15) is 39.6 Å². The standard InChI is InChI=1S/C16H13FO2/c1-2-15(18)13-5-3-4-6-14(13)16(19)11-7-9-12(17)10-8-11/h3-10H,2H2,1H3. The van der Waals surface area contributed by atoms with Gasteiger partial charge in [0.05, 0.1) is 0 Å². The number of Topliss-reactive ketones (excluding diaryl/α,β-unsaturated/α-hetero) is 1. The van der Waals surface area contributed by atoms with Crippen molar-refractivity contribution in [2.24, 2.45) is 0 Å². The van der Waals surface area contributed by atoms with Crippen LogP contribution in [0.3, 0.4) is 0 Å². The molecular formula is C16H13FO2. The van der Waals surface area contributed by atoms with Crippen LogP contribution >= 0.6 is 0 Å². The Morgan fingerprint density at radius 2 is 1.53 bits per heavy atom. The molecule has 0 saturated heterocycles. The predicted octanol–water partition coefficient (Wildman–Crippen LogP) is 3.65. The van der Waals surface area contributed by atoms with Crippen LogP contribution in [0.25, 0.3) is 0 Å². The molecule has 0 atom stereocenters. The third-order valence-corrected chi connectivity index (χ3v) is 2.90. The van der Waals surface area contributed by atoms with Crippen molar-refractivity contribution in [2.75, 3.05) is 0 Å². The molecule has 2 rings (SSSR count). The van der Waals surface area contributed by atoms with Gasteiger partial charge in [-0.1, -0.05) is 31.2 Å². The molecule has 19 heavy (non-hydrogen) atoms. The lowest BCUT2D eigenvalue weighted by Crippen LogP contribution is -2.09. The van der Waals surface area contributed by atoms with Crippen LogP contribution < -0.4 is 0 Å². The molecule has 2 aromatic rings. The molecule has 0 aliphatic carbocycles. The maximum absolute atomic E-state index is 12.8. The Hall–Kier alpha value is -2.29. The van der Waals surface area contributed by atoms with Crippen molar-refractivity contribution in [1.29, 1.82) is 0 Å². The van der Waals surface area contributed by atoms with Crippen molar-refractivity contribution in [1.82, 2.24) is 0 Å². The van der Waals surface area contributed by atoms with E-state index in [1.54, 1.807) is 31.2 Å². The second-order valence-electron chi connectivity index (χ2n) is 4.16. The summed E-state index contributed by atoms with van der Waals surface area (Å²) >= 11 is 0. The first kappa shape index (κ1) is 13.1. The number of benzene rings is 2. The molecule has 0 fully saturated rings. The highest BCUT2D eigenvalue weighted by Gasteiger charge is 2.16. The normalized spacial score (nSPS) is 10.2. The number of hydrogen-bond donors (Lipinski definition) is 0. The van der Waals surface area contributed by atoms with E-state index in [2.05, 4.69) is 0 Å². The van der Waals surface area contributed by atoms with Crippen LogP contribution in [-0.2, 0) is 0 Å².